The topological polar surface area (TPSA) is 107 Å². The molecule has 2 heterocycles. The maximum Gasteiger partial charge on any atom is 0.238 e. The van der Waals surface area contributed by atoms with E-state index in [1.807, 2.05) is 29.7 Å². The van der Waals surface area contributed by atoms with Gasteiger partial charge in [0.05, 0.1) is 17.0 Å². The standard InChI is InChI=1S/C18H20N4O3S/c1-13-3-2-10-22-15(12-21-18(13)22)11-17(23)20-9-8-14-4-6-16(7-5-14)26(19,24)25/h2-7,10,12H,8-9,11H2,1H3,(H,20,23)(H2,19,24,25). The largest absolute Gasteiger partial charge is 0.355 e. The van der Waals surface area contributed by atoms with Crippen molar-refractivity contribution in [3.63, 3.8) is 0 Å². The van der Waals surface area contributed by atoms with Crippen molar-refractivity contribution in [3.8, 4) is 0 Å². The summed E-state index contributed by atoms with van der Waals surface area (Å²) >= 11 is 0. The number of nitrogens with zero attached hydrogens (tertiary/aromatic N) is 2. The number of hydrogen-bond donors (Lipinski definition) is 2. The van der Waals surface area contributed by atoms with Crippen molar-refractivity contribution in [2.75, 3.05) is 6.54 Å². The average molecular weight is 372 g/mol. The SMILES string of the molecule is Cc1cccn2c(CC(=O)NCCc3ccc(S(N)(=O)=O)cc3)cnc12. The summed E-state index contributed by atoms with van der Waals surface area (Å²) in [5.74, 6) is -0.0885. The molecular formula is C18H20N4O3S. The number of rotatable bonds is 6. The molecule has 0 bridgehead atoms. The predicted molar refractivity (Wildman–Crippen MR) is 98.2 cm³/mol. The van der Waals surface area contributed by atoms with Gasteiger partial charge in [0, 0.05) is 18.9 Å². The van der Waals surface area contributed by atoms with E-state index in [0.717, 1.165) is 22.5 Å². The van der Waals surface area contributed by atoms with Crippen LogP contribution in [0.4, 0.5) is 0 Å². The molecule has 0 spiro atoms. The lowest BCUT2D eigenvalue weighted by Gasteiger charge is -2.06. The maximum atomic E-state index is 12.2. The number of carbonyl (C=O) groups is 1. The number of carbonyl (C=O) groups excluding carboxylic acids is 1. The normalized spacial score (nSPS) is 11.6. The third-order valence-electron chi connectivity index (χ3n) is 4.14. The fraction of sp³-hybridized carbons (Fsp3) is 0.222. The van der Waals surface area contributed by atoms with Crippen LogP contribution in [0, 0.1) is 6.92 Å². The quantitative estimate of drug-likeness (QED) is 0.678. The molecule has 3 N–H and O–H groups in total. The van der Waals surface area contributed by atoms with Crippen molar-refractivity contribution in [2.45, 2.75) is 24.7 Å². The highest BCUT2D eigenvalue weighted by atomic mass is 32.2. The van der Waals surface area contributed by atoms with Gasteiger partial charge in [0.15, 0.2) is 0 Å². The zero-order valence-corrected chi connectivity index (χ0v) is 15.2. The molecule has 8 heteroatoms. The van der Waals surface area contributed by atoms with Crippen molar-refractivity contribution < 1.29 is 13.2 Å². The van der Waals surface area contributed by atoms with Gasteiger partial charge >= 0.3 is 0 Å². The van der Waals surface area contributed by atoms with Crippen molar-refractivity contribution in [3.05, 3.63) is 65.6 Å². The second kappa shape index (κ2) is 7.27. The number of aryl methyl sites for hydroxylation is 1. The van der Waals surface area contributed by atoms with E-state index in [2.05, 4.69) is 10.3 Å². The van der Waals surface area contributed by atoms with Crippen LogP contribution in [0.15, 0.2) is 53.7 Å². The Bertz CT molecular complexity index is 1040. The molecule has 0 aliphatic heterocycles. The molecule has 3 rings (SSSR count). The van der Waals surface area contributed by atoms with Crippen LogP contribution < -0.4 is 10.5 Å². The van der Waals surface area contributed by atoms with Gasteiger partial charge in [0.25, 0.3) is 0 Å². The Morgan fingerprint density at radius 2 is 1.96 bits per heavy atom. The smallest absolute Gasteiger partial charge is 0.238 e. The first-order chi connectivity index (χ1) is 12.3. The molecule has 0 aliphatic rings. The van der Waals surface area contributed by atoms with Crippen LogP contribution in [0.1, 0.15) is 16.8 Å². The van der Waals surface area contributed by atoms with Crippen LogP contribution in [0.25, 0.3) is 5.65 Å². The molecule has 1 aromatic carbocycles. The first-order valence-corrected chi connectivity index (χ1v) is 9.69. The van der Waals surface area contributed by atoms with Crippen molar-refractivity contribution in [1.29, 1.82) is 0 Å². The molecule has 0 fully saturated rings. The predicted octanol–water partition coefficient (Wildman–Crippen LogP) is 1.19. The molecule has 0 radical (unpaired) electrons. The Labute approximate surface area is 151 Å². The second-order valence-electron chi connectivity index (χ2n) is 6.10. The summed E-state index contributed by atoms with van der Waals surface area (Å²) in [5, 5.41) is 7.94. The summed E-state index contributed by atoms with van der Waals surface area (Å²) in [4.78, 5) is 16.6. The van der Waals surface area contributed by atoms with Gasteiger partial charge in [-0.25, -0.2) is 18.5 Å². The van der Waals surface area contributed by atoms with E-state index in [4.69, 9.17) is 5.14 Å². The van der Waals surface area contributed by atoms with Gasteiger partial charge in [-0.3, -0.25) is 4.79 Å². The average Bonchev–Trinajstić information content (AvgIpc) is 2.99. The number of benzene rings is 1. The molecule has 0 saturated heterocycles. The van der Waals surface area contributed by atoms with Crippen LogP contribution in [0.2, 0.25) is 0 Å². The van der Waals surface area contributed by atoms with Gasteiger partial charge in [0.2, 0.25) is 15.9 Å². The fourth-order valence-electron chi connectivity index (χ4n) is 2.75. The molecule has 1 amide bonds. The number of pyridine rings is 1. The van der Waals surface area contributed by atoms with Gasteiger partial charge in [-0.1, -0.05) is 18.2 Å². The monoisotopic (exact) mass is 372 g/mol. The number of amides is 1. The number of imidazole rings is 1. The molecule has 0 saturated carbocycles. The van der Waals surface area contributed by atoms with Crippen LogP contribution in [-0.2, 0) is 27.7 Å². The summed E-state index contributed by atoms with van der Waals surface area (Å²) in [5.41, 5.74) is 3.66. The molecular weight excluding hydrogens is 352 g/mol. The maximum absolute atomic E-state index is 12.2. The van der Waals surface area contributed by atoms with E-state index >= 15 is 0 Å². The Morgan fingerprint density at radius 1 is 1.23 bits per heavy atom. The molecule has 0 unspecified atom stereocenters. The van der Waals surface area contributed by atoms with E-state index in [-0.39, 0.29) is 17.2 Å². The molecule has 7 nitrogen and oxygen atoms in total. The Kier molecular flexibility index (Phi) is 5.06. The van der Waals surface area contributed by atoms with Gasteiger partial charge < -0.3 is 9.72 Å². The van der Waals surface area contributed by atoms with Gasteiger partial charge in [0.1, 0.15) is 5.65 Å². The third-order valence-corrected chi connectivity index (χ3v) is 5.07. The lowest BCUT2D eigenvalue weighted by atomic mass is 10.1. The first-order valence-electron chi connectivity index (χ1n) is 8.14. The van der Waals surface area contributed by atoms with Crippen LogP contribution >= 0.6 is 0 Å². The molecule has 0 aliphatic carbocycles. The number of sulfonamides is 1. The Balaban J connectivity index is 1.55. The summed E-state index contributed by atoms with van der Waals surface area (Å²) < 4.78 is 24.4. The lowest BCUT2D eigenvalue weighted by Crippen LogP contribution is -2.27. The Hall–Kier alpha value is -2.71. The number of primary sulfonamides is 1. The summed E-state index contributed by atoms with van der Waals surface area (Å²) in [6.07, 6.45) is 4.46. The van der Waals surface area contributed by atoms with E-state index in [0.29, 0.717) is 13.0 Å². The number of nitrogens with one attached hydrogen (secondary N) is 1. The minimum absolute atomic E-state index is 0.0770. The van der Waals surface area contributed by atoms with Crippen molar-refractivity contribution in [1.82, 2.24) is 14.7 Å². The number of aromatic nitrogens is 2. The molecule has 26 heavy (non-hydrogen) atoms. The minimum atomic E-state index is -3.68. The highest BCUT2D eigenvalue weighted by Crippen LogP contribution is 2.12. The van der Waals surface area contributed by atoms with Gasteiger partial charge in [-0.2, -0.15) is 0 Å². The van der Waals surface area contributed by atoms with Gasteiger partial charge in [-0.05, 0) is 42.7 Å². The van der Waals surface area contributed by atoms with E-state index in [9.17, 15) is 13.2 Å². The third kappa shape index (κ3) is 4.09. The molecule has 2 aromatic heterocycles. The highest BCUT2D eigenvalue weighted by Gasteiger charge is 2.10. The van der Waals surface area contributed by atoms with Crippen molar-refractivity contribution >= 4 is 21.6 Å². The number of nitrogens with two attached hydrogens (primary N) is 1. The summed E-state index contributed by atoms with van der Waals surface area (Å²) in [7, 11) is -3.68. The van der Waals surface area contributed by atoms with Crippen LogP contribution in [0.3, 0.4) is 0 Å². The summed E-state index contributed by atoms with van der Waals surface area (Å²) in [6, 6.07) is 10.2. The zero-order chi connectivity index (χ0) is 18.7. The second-order valence-corrected chi connectivity index (χ2v) is 7.66. The van der Waals surface area contributed by atoms with E-state index in [1.54, 1.807) is 18.3 Å². The minimum Gasteiger partial charge on any atom is -0.355 e. The lowest BCUT2D eigenvalue weighted by molar-refractivity contribution is -0.120. The van der Waals surface area contributed by atoms with E-state index in [1.165, 1.54) is 12.1 Å². The van der Waals surface area contributed by atoms with Crippen LogP contribution in [0.5, 0.6) is 0 Å². The number of fused-ring (bicyclic) bond motifs is 1. The molecule has 0 atom stereocenters. The van der Waals surface area contributed by atoms with Gasteiger partial charge in [-0.15, -0.1) is 0 Å². The van der Waals surface area contributed by atoms with E-state index < -0.39 is 10.0 Å². The fourth-order valence-corrected chi connectivity index (χ4v) is 3.27. The molecule has 3 aromatic rings. The van der Waals surface area contributed by atoms with Crippen LogP contribution in [-0.4, -0.2) is 30.3 Å². The van der Waals surface area contributed by atoms with Crippen molar-refractivity contribution in [2.24, 2.45) is 5.14 Å². The number of hydrogen-bond acceptors (Lipinski definition) is 4. The molecule has 136 valence electrons. The first kappa shape index (κ1) is 18.1. The zero-order valence-electron chi connectivity index (χ0n) is 14.3. The Morgan fingerprint density at radius 3 is 2.65 bits per heavy atom. The summed E-state index contributed by atoms with van der Waals surface area (Å²) in [6.45, 7) is 2.44. The highest BCUT2D eigenvalue weighted by molar-refractivity contribution is 7.89.